The average Bonchev–Trinajstić information content (AvgIpc) is 2.78. The Bertz CT molecular complexity index is 1040. The molecule has 0 bridgehead atoms. The van der Waals surface area contributed by atoms with Crippen molar-refractivity contribution < 1.29 is 51.3 Å². The van der Waals surface area contributed by atoms with E-state index in [0.717, 1.165) is 20.8 Å². The molecule has 1 heterocycles. The highest BCUT2D eigenvalue weighted by Crippen LogP contribution is 2.32. The first-order valence-electron chi connectivity index (χ1n) is 10.4. The lowest BCUT2D eigenvalue weighted by Gasteiger charge is -2.44. The zero-order chi connectivity index (χ0) is 26.2. The van der Waals surface area contributed by atoms with Gasteiger partial charge in [0.1, 0.15) is 25.4 Å². The maximum atomic E-state index is 13.5. The Hall–Kier alpha value is -3.45. The molecule has 2 rings (SSSR count). The second-order valence-electron chi connectivity index (χ2n) is 7.41. The zero-order valence-electron chi connectivity index (χ0n) is 19.4. The van der Waals surface area contributed by atoms with Gasteiger partial charge in [0.05, 0.1) is 4.90 Å². The highest BCUT2D eigenvalue weighted by Gasteiger charge is 2.55. The Labute approximate surface area is 202 Å². The van der Waals surface area contributed by atoms with Crippen molar-refractivity contribution in [2.75, 3.05) is 13.2 Å². The van der Waals surface area contributed by atoms with E-state index in [0.29, 0.717) is 0 Å². The van der Waals surface area contributed by atoms with E-state index in [4.69, 9.17) is 23.7 Å². The number of amides is 1. The van der Waals surface area contributed by atoms with Crippen molar-refractivity contribution in [3.05, 3.63) is 43.0 Å². The first-order valence-corrected chi connectivity index (χ1v) is 12.0. The summed E-state index contributed by atoms with van der Waals surface area (Å²) >= 11 is 0. The predicted octanol–water partition coefficient (Wildman–Crippen LogP) is 0.893. The van der Waals surface area contributed by atoms with E-state index < -0.39 is 70.2 Å². The summed E-state index contributed by atoms with van der Waals surface area (Å²) in [5, 5.41) is 2.33. The highest BCUT2D eigenvalue weighted by atomic mass is 32.2. The Morgan fingerprint density at radius 1 is 0.971 bits per heavy atom. The molecular weight excluding hydrogens is 486 g/mol. The summed E-state index contributed by atoms with van der Waals surface area (Å²) in [7, 11) is -4.35. The molecule has 1 aliphatic rings. The van der Waals surface area contributed by atoms with E-state index in [1.807, 2.05) is 0 Å². The minimum absolute atomic E-state index is 0.157. The topological polar surface area (TPSA) is 161 Å². The fourth-order valence-electron chi connectivity index (χ4n) is 3.38. The quantitative estimate of drug-likeness (QED) is 0.284. The van der Waals surface area contributed by atoms with Gasteiger partial charge in [-0.15, -0.1) is 0 Å². The fourth-order valence-corrected chi connectivity index (χ4v) is 5.08. The van der Waals surface area contributed by atoms with Gasteiger partial charge < -0.3 is 29.0 Å². The van der Waals surface area contributed by atoms with Crippen molar-refractivity contribution in [3.8, 4) is 0 Å². The predicted molar refractivity (Wildman–Crippen MR) is 118 cm³/mol. The van der Waals surface area contributed by atoms with Crippen LogP contribution in [0.4, 0.5) is 4.79 Å². The molecule has 0 aliphatic carbocycles. The van der Waals surface area contributed by atoms with Crippen LogP contribution in [0, 0.1) is 0 Å². The van der Waals surface area contributed by atoms with E-state index in [1.54, 1.807) is 6.07 Å². The molecule has 0 radical (unpaired) electrons. The number of hydrogen-bond acceptors (Lipinski definition) is 11. The van der Waals surface area contributed by atoms with E-state index in [9.17, 15) is 27.6 Å². The molecule has 1 saturated heterocycles. The summed E-state index contributed by atoms with van der Waals surface area (Å²) < 4.78 is 53.3. The summed E-state index contributed by atoms with van der Waals surface area (Å²) in [5.74, 6) is -2.39. The van der Waals surface area contributed by atoms with E-state index >= 15 is 0 Å². The third-order valence-electron chi connectivity index (χ3n) is 4.70. The number of carbonyl (C=O) groups is 4. The minimum Gasteiger partial charge on any atom is -0.463 e. The van der Waals surface area contributed by atoms with Crippen molar-refractivity contribution in [2.24, 2.45) is 0 Å². The van der Waals surface area contributed by atoms with Crippen LogP contribution < -0.4 is 5.32 Å². The maximum Gasteiger partial charge on any atom is 0.407 e. The Morgan fingerprint density at radius 2 is 1.57 bits per heavy atom. The van der Waals surface area contributed by atoms with Crippen LogP contribution in [0.3, 0.4) is 0 Å². The van der Waals surface area contributed by atoms with Crippen LogP contribution in [0.2, 0.25) is 0 Å². The Morgan fingerprint density at radius 3 is 2.11 bits per heavy atom. The number of sulfone groups is 1. The van der Waals surface area contributed by atoms with Gasteiger partial charge in [-0.05, 0) is 12.1 Å². The van der Waals surface area contributed by atoms with Gasteiger partial charge in [-0.25, -0.2) is 13.2 Å². The lowest BCUT2D eigenvalue weighted by atomic mass is 9.97. The number of ether oxygens (including phenoxy) is 5. The number of nitrogens with one attached hydrogen (secondary N) is 1. The van der Waals surface area contributed by atoms with Crippen molar-refractivity contribution in [3.63, 3.8) is 0 Å². The number of alkyl carbamates (subject to hydrolysis) is 1. The Balaban J connectivity index is 2.61. The molecule has 1 amide bonds. The molecule has 13 heteroatoms. The summed E-state index contributed by atoms with van der Waals surface area (Å²) in [6, 6.07) is 5.61. The lowest BCUT2D eigenvalue weighted by molar-refractivity contribution is -0.212. The van der Waals surface area contributed by atoms with E-state index in [2.05, 4.69) is 11.9 Å². The van der Waals surface area contributed by atoms with Crippen molar-refractivity contribution in [1.29, 1.82) is 0 Å². The molecule has 5 atom stereocenters. The van der Waals surface area contributed by atoms with Gasteiger partial charge >= 0.3 is 24.0 Å². The molecule has 1 aromatic rings. The first-order chi connectivity index (χ1) is 16.5. The normalized spacial score (nSPS) is 23.9. The van der Waals surface area contributed by atoms with Gasteiger partial charge in [0.2, 0.25) is 9.84 Å². The standard InChI is InChI=1S/C22H27NO11S/c1-5-11-30-22(27)23-18-20(33-15(4)26)19(32-14(3)25)17(12-31-13(2)24)34-21(18)35(28,29)16-9-7-6-8-10-16/h5-10,17-21H,1,11-12H2,2-4H3,(H,23,27)/t17-,18-,19-,20-,21+/m1/s1. The van der Waals surface area contributed by atoms with Gasteiger partial charge in [0.25, 0.3) is 0 Å². The second-order valence-corrected chi connectivity index (χ2v) is 9.43. The Kier molecular flexibility index (Phi) is 9.78. The van der Waals surface area contributed by atoms with Gasteiger partial charge in [-0.1, -0.05) is 30.9 Å². The van der Waals surface area contributed by atoms with Crippen LogP contribution in [-0.2, 0) is 47.9 Å². The van der Waals surface area contributed by atoms with Crippen LogP contribution in [0.5, 0.6) is 0 Å². The first kappa shape index (κ1) is 27.8. The van der Waals surface area contributed by atoms with Crippen LogP contribution in [0.25, 0.3) is 0 Å². The van der Waals surface area contributed by atoms with Gasteiger partial charge in [-0.3, -0.25) is 14.4 Å². The van der Waals surface area contributed by atoms with Crippen LogP contribution in [-0.4, -0.2) is 75.4 Å². The lowest BCUT2D eigenvalue weighted by Crippen LogP contribution is -2.67. The SMILES string of the molecule is C=CCOC(=O)N[C@@H]1[C@@H](OC(C)=O)[C@H](OC(C)=O)[C@@H](COC(C)=O)O[C@H]1S(=O)(=O)c1ccccc1. The number of carbonyl (C=O) groups excluding carboxylic acids is 4. The molecule has 12 nitrogen and oxygen atoms in total. The molecule has 192 valence electrons. The number of hydrogen-bond donors (Lipinski definition) is 1. The molecule has 1 aliphatic heterocycles. The number of esters is 3. The molecule has 1 fully saturated rings. The monoisotopic (exact) mass is 513 g/mol. The average molecular weight is 514 g/mol. The smallest absolute Gasteiger partial charge is 0.407 e. The zero-order valence-corrected chi connectivity index (χ0v) is 20.2. The van der Waals surface area contributed by atoms with Crippen LogP contribution in [0.15, 0.2) is 47.9 Å². The van der Waals surface area contributed by atoms with Gasteiger partial charge in [0.15, 0.2) is 17.6 Å². The molecule has 0 aromatic heterocycles. The summed E-state index contributed by atoms with van der Waals surface area (Å²) in [5.41, 5.74) is -1.85. The second kappa shape index (κ2) is 12.3. The summed E-state index contributed by atoms with van der Waals surface area (Å²) in [6.45, 7) is 5.93. The maximum absolute atomic E-state index is 13.5. The molecule has 35 heavy (non-hydrogen) atoms. The van der Waals surface area contributed by atoms with Crippen LogP contribution in [0.1, 0.15) is 20.8 Å². The van der Waals surface area contributed by atoms with Gasteiger partial charge in [-0.2, -0.15) is 0 Å². The molecular formula is C22H27NO11S. The summed E-state index contributed by atoms with van der Waals surface area (Å²) in [6.07, 6.45) is -4.13. The molecule has 0 spiro atoms. The molecule has 0 saturated carbocycles. The van der Waals surface area contributed by atoms with Crippen molar-refractivity contribution >= 4 is 33.8 Å². The third kappa shape index (κ3) is 7.52. The van der Waals surface area contributed by atoms with Crippen molar-refractivity contribution in [1.82, 2.24) is 5.32 Å². The molecule has 1 aromatic carbocycles. The third-order valence-corrected chi connectivity index (χ3v) is 6.64. The molecule has 0 unspecified atom stereocenters. The van der Waals surface area contributed by atoms with Gasteiger partial charge in [0, 0.05) is 20.8 Å². The molecule has 1 N–H and O–H groups in total. The summed E-state index contributed by atoms with van der Waals surface area (Å²) in [4.78, 5) is 47.4. The fraction of sp³-hybridized carbons (Fsp3) is 0.455. The minimum atomic E-state index is -4.35. The number of benzene rings is 1. The van der Waals surface area contributed by atoms with E-state index in [1.165, 1.54) is 30.3 Å². The van der Waals surface area contributed by atoms with Crippen LogP contribution >= 0.6 is 0 Å². The highest BCUT2D eigenvalue weighted by molar-refractivity contribution is 7.92. The number of rotatable bonds is 9. The largest absolute Gasteiger partial charge is 0.463 e. The van der Waals surface area contributed by atoms with E-state index in [-0.39, 0.29) is 11.5 Å². The van der Waals surface area contributed by atoms with Crippen molar-refractivity contribution in [2.45, 2.75) is 55.5 Å².